The number of aromatic nitrogens is 2. The minimum absolute atomic E-state index is 0.0233. The van der Waals surface area contributed by atoms with Crippen LogP contribution in [0.3, 0.4) is 0 Å². The molecule has 1 amide bonds. The molecule has 1 N–H and O–H groups in total. The number of nitrogens with one attached hydrogen (secondary N) is 1. The fourth-order valence-electron chi connectivity index (χ4n) is 3.02. The van der Waals surface area contributed by atoms with E-state index in [1.54, 1.807) is 6.92 Å². The molecule has 2 aromatic rings. The fraction of sp³-hybridized carbons (Fsp3) is 0.467. The maximum atomic E-state index is 13.7. The number of imidazole rings is 1. The van der Waals surface area contributed by atoms with E-state index in [4.69, 9.17) is 0 Å². The van der Waals surface area contributed by atoms with Gasteiger partial charge in [0.15, 0.2) is 11.6 Å². The van der Waals surface area contributed by atoms with E-state index >= 15 is 0 Å². The molecule has 3 rings (SSSR count). The van der Waals surface area contributed by atoms with Crippen LogP contribution in [0.25, 0.3) is 11.0 Å². The van der Waals surface area contributed by atoms with Crippen LogP contribution in [0, 0.1) is 11.6 Å². The highest BCUT2D eigenvalue weighted by Crippen LogP contribution is 2.23. The molecule has 0 saturated carbocycles. The van der Waals surface area contributed by atoms with Crippen molar-refractivity contribution in [2.75, 3.05) is 6.54 Å². The van der Waals surface area contributed by atoms with Gasteiger partial charge >= 0.3 is 0 Å². The lowest BCUT2D eigenvalue weighted by molar-refractivity contribution is -0.132. The van der Waals surface area contributed by atoms with E-state index in [-0.39, 0.29) is 17.5 Å². The molecule has 6 heteroatoms. The van der Waals surface area contributed by atoms with Crippen molar-refractivity contribution in [2.24, 2.45) is 0 Å². The number of halogens is 2. The van der Waals surface area contributed by atoms with E-state index in [1.165, 1.54) is 6.07 Å². The number of nitrogens with zero attached hydrogens (tertiary/aromatic N) is 2. The third-order valence-corrected chi connectivity index (χ3v) is 4.06. The summed E-state index contributed by atoms with van der Waals surface area (Å²) in [6.07, 6.45) is 3.52. The van der Waals surface area contributed by atoms with E-state index < -0.39 is 11.6 Å². The van der Waals surface area contributed by atoms with E-state index in [2.05, 4.69) is 9.97 Å². The highest BCUT2D eigenvalue weighted by molar-refractivity contribution is 5.76. The molecule has 1 saturated heterocycles. The monoisotopic (exact) mass is 293 g/mol. The van der Waals surface area contributed by atoms with Crippen molar-refractivity contribution < 1.29 is 13.6 Å². The lowest BCUT2D eigenvalue weighted by Crippen LogP contribution is -2.43. The largest absolute Gasteiger partial charge is 0.342 e. The molecule has 21 heavy (non-hydrogen) atoms. The second kappa shape index (κ2) is 5.42. The van der Waals surface area contributed by atoms with Crippen molar-refractivity contribution in [1.29, 1.82) is 0 Å². The third-order valence-electron chi connectivity index (χ3n) is 4.06. The Hall–Kier alpha value is -1.98. The Bertz CT molecular complexity index is 683. The predicted molar refractivity (Wildman–Crippen MR) is 74.7 cm³/mol. The Morgan fingerprint density at radius 3 is 3.00 bits per heavy atom. The number of H-pyrrole nitrogens is 1. The lowest BCUT2D eigenvalue weighted by Gasteiger charge is -2.34. The number of piperidine rings is 1. The Balaban J connectivity index is 1.87. The maximum Gasteiger partial charge on any atom is 0.219 e. The number of benzene rings is 1. The van der Waals surface area contributed by atoms with Crippen molar-refractivity contribution in [3.63, 3.8) is 0 Å². The van der Waals surface area contributed by atoms with Crippen LogP contribution in [0.5, 0.6) is 0 Å². The summed E-state index contributed by atoms with van der Waals surface area (Å²) in [5.41, 5.74) is 0.504. The van der Waals surface area contributed by atoms with E-state index in [0.29, 0.717) is 17.8 Å². The van der Waals surface area contributed by atoms with Crippen molar-refractivity contribution in [3.05, 3.63) is 29.6 Å². The van der Waals surface area contributed by atoms with Gasteiger partial charge in [-0.2, -0.15) is 0 Å². The van der Waals surface area contributed by atoms with Crippen LogP contribution >= 0.6 is 0 Å². The molecule has 1 unspecified atom stereocenters. The summed E-state index contributed by atoms with van der Waals surface area (Å²) >= 11 is 0. The van der Waals surface area contributed by atoms with E-state index in [0.717, 1.165) is 31.9 Å². The molecular weight excluding hydrogens is 276 g/mol. The number of carbonyl (C=O) groups is 1. The number of likely N-dealkylation sites (tertiary alicyclic amines) is 1. The number of rotatable bonds is 2. The first-order valence-electron chi connectivity index (χ1n) is 7.16. The zero-order chi connectivity index (χ0) is 15.0. The van der Waals surface area contributed by atoms with Crippen molar-refractivity contribution in [2.45, 2.75) is 38.6 Å². The number of fused-ring (bicyclic) bond motifs is 1. The number of aromatic amines is 1. The topological polar surface area (TPSA) is 49.0 Å². The summed E-state index contributed by atoms with van der Waals surface area (Å²) in [7, 11) is 0. The van der Waals surface area contributed by atoms with Gasteiger partial charge in [0.05, 0.1) is 5.52 Å². The summed E-state index contributed by atoms with van der Waals surface area (Å²) in [4.78, 5) is 20.7. The first kappa shape index (κ1) is 14.0. The van der Waals surface area contributed by atoms with Crippen LogP contribution in [0.1, 0.15) is 32.0 Å². The molecule has 112 valence electrons. The normalized spacial score (nSPS) is 19.2. The molecule has 0 radical (unpaired) electrons. The van der Waals surface area contributed by atoms with Crippen LogP contribution in [0.2, 0.25) is 0 Å². The molecule has 0 aliphatic carbocycles. The highest BCUT2D eigenvalue weighted by Gasteiger charge is 2.25. The number of hydrogen-bond donors (Lipinski definition) is 1. The van der Waals surface area contributed by atoms with Gasteiger partial charge in [0.25, 0.3) is 0 Å². The van der Waals surface area contributed by atoms with E-state index in [1.807, 2.05) is 4.90 Å². The van der Waals surface area contributed by atoms with Gasteiger partial charge in [0, 0.05) is 25.9 Å². The minimum Gasteiger partial charge on any atom is -0.342 e. The van der Waals surface area contributed by atoms with Gasteiger partial charge in [0.2, 0.25) is 5.91 Å². The van der Waals surface area contributed by atoms with Gasteiger partial charge in [-0.25, -0.2) is 13.8 Å². The Morgan fingerprint density at radius 1 is 1.43 bits per heavy atom. The zero-order valence-corrected chi connectivity index (χ0v) is 11.8. The van der Waals surface area contributed by atoms with Gasteiger partial charge in [-0.15, -0.1) is 0 Å². The van der Waals surface area contributed by atoms with Crippen molar-refractivity contribution in [1.82, 2.24) is 14.9 Å². The molecule has 1 aromatic heterocycles. The minimum atomic E-state index is -0.929. The van der Waals surface area contributed by atoms with Crippen LogP contribution < -0.4 is 0 Å². The maximum absolute atomic E-state index is 13.7. The standard InChI is InChI=1S/C15H17F2N3O/c1-9(21)20-7-3-2-4-10(20)8-13-18-12-6-5-11(16)14(17)15(12)19-13/h5-6,10H,2-4,7-8H2,1H3,(H,18,19). The predicted octanol–water partition coefficient (Wildman–Crippen LogP) is 2.78. The molecular formula is C15H17F2N3O. The third kappa shape index (κ3) is 2.62. The van der Waals surface area contributed by atoms with Gasteiger partial charge in [-0.3, -0.25) is 4.79 Å². The first-order valence-corrected chi connectivity index (χ1v) is 7.16. The molecule has 1 atom stereocenters. The quantitative estimate of drug-likeness (QED) is 0.925. The number of amides is 1. The fourth-order valence-corrected chi connectivity index (χ4v) is 3.02. The first-order chi connectivity index (χ1) is 10.1. The zero-order valence-electron chi connectivity index (χ0n) is 11.8. The Labute approximate surface area is 121 Å². The van der Waals surface area contributed by atoms with Crippen LogP contribution in [0.15, 0.2) is 12.1 Å². The summed E-state index contributed by atoms with van der Waals surface area (Å²) in [6, 6.07) is 2.64. The van der Waals surface area contributed by atoms with Gasteiger partial charge < -0.3 is 9.88 Å². The molecule has 2 heterocycles. The molecule has 0 bridgehead atoms. The second-order valence-corrected chi connectivity index (χ2v) is 5.51. The Morgan fingerprint density at radius 2 is 2.24 bits per heavy atom. The van der Waals surface area contributed by atoms with Gasteiger partial charge in [-0.1, -0.05) is 0 Å². The Kier molecular flexibility index (Phi) is 3.61. The second-order valence-electron chi connectivity index (χ2n) is 5.51. The molecule has 4 nitrogen and oxygen atoms in total. The average molecular weight is 293 g/mol. The van der Waals surface area contributed by atoms with Crippen LogP contribution in [0.4, 0.5) is 8.78 Å². The molecule has 1 fully saturated rings. The van der Waals surface area contributed by atoms with Gasteiger partial charge in [0.1, 0.15) is 11.3 Å². The molecule has 1 aliphatic rings. The molecule has 0 spiro atoms. The summed E-state index contributed by atoms with van der Waals surface area (Å²) in [6.45, 7) is 2.31. The molecule has 1 aromatic carbocycles. The van der Waals surface area contributed by atoms with Crippen LogP contribution in [-0.4, -0.2) is 33.4 Å². The average Bonchev–Trinajstić information content (AvgIpc) is 2.87. The van der Waals surface area contributed by atoms with E-state index in [9.17, 15) is 13.6 Å². The van der Waals surface area contributed by atoms with Gasteiger partial charge in [-0.05, 0) is 31.4 Å². The summed E-state index contributed by atoms with van der Waals surface area (Å²) in [5, 5.41) is 0. The smallest absolute Gasteiger partial charge is 0.219 e. The summed E-state index contributed by atoms with van der Waals surface area (Å²) in [5.74, 6) is -1.19. The van der Waals surface area contributed by atoms with Crippen molar-refractivity contribution in [3.8, 4) is 0 Å². The SMILES string of the molecule is CC(=O)N1CCCCC1Cc1nc2c(F)c(F)ccc2[nH]1. The number of carbonyl (C=O) groups excluding carboxylic acids is 1. The van der Waals surface area contributed by atoms with Crippen molar-refractivity contribution >= 4 is 16.9 Å². The highest BCUT2D eigenvalue weighted by atomic mass is 19.2. The summed E-state index contributed by atoms with van der Waals surface area (Å²) < 4.78 is 26.9. The lowest BCUT2D eigenvalue weighted by atomic mass is 9.99. The van der Waals surface area contributed by atoms with Crippen LogP contribution in [-0.2, 0) is 11.2 Å². The number of hydrogen-bond acceptors (Lipinski definition) is 2. The molecule has 1 aliphatic heterocycles.